The minimum Gasteiger partial charge on any atom is -0.305 e. The largest absolute Gasteiger partial charge is 0.341 e. The van der Waals surface area contributed by atoms with Gasteiger partial charge in [-0.25, -0.2) is 9.80 Å². The molecule has 2 heterocycles. The van der Waals surface area contributed by atoms with Crippen LogP contribution in [-0.2, 0) is 4.79 Å². The van der Waals surface area contributed by atoms with Crippen molar-refractivity contribution in [2.75, 3.05) is 5.32 Å². The van der Waals surface area contributed by atoms with E-state index in [1.165, 1.54) is 5.01 Å². The van der Waals surface area contributed by atoms with Gasteiger partial charge in [0.05, 0.1) is 29.4 Å². The lowest BCUT2D eigenvalue weighted by molar-refractivity contribution is -0.121. The van der Waals surface area contributed by atoms with E-state index in [1.54, 1.807) is 6.20 Å². The lowest BCUT2D eigenvalue weighted by atomic mass is 9.87. The Morgan fingerprint density at radius 1 is 0.871 bits per heavy atom. The highest BCUT2D eigenvalue weighted by atomic mass is 16.2. The Labute approximate surface area is 179 Å². The van der Waals surface area contributed by atoms with Crippen molar-refractivity contribution in [3.8, 4) is 0 Å². The molecule has 2 atom stereocenters. The van der Waals surface area contributed by atoms with Gasteiger partial charge in [-0.2, -0.15) is 0 Å². The number of fused-ring (bicyclic) bond motifs is 1. The van der Waals surface area contributed by atoms with Gasteiger partial charge in [0.2, 0.25) is 5.91 Å². The van der Waals surface area contributed by atoms with Gasteiger partial charge in [0.1, 0.15) is 0 Å². The van der Waals surface area contributed by atoms with E-state index in [0.29, 0.717) is 5.69 Å². The van der Waals surface area contributed by atoms with Crippen molar-refractivity contribution >= 4 is 28.5 Å². The van der Waals surface area contributed by atoms with Crippen LogP contribution in [0.25, 0.3) is 10.9 Å². The number of benzene rings is 3. The Bertz CT molecular complexity index is 1240. The zero-order valence-corrected chi connectivity index (χ0v) is 16.6. The number of nitrogens with zero attached hydrogens (tertiary/aromatic N) is 2. The molecule has 1 aliphatic heterocycles. The van der Waals surface area contributed by atoms with Crippen LogP contribution in [0.5, 0.6) is 0 Å². The molecule has 0 bridgehead atoms. The zero-order valence-electron chi connectivity index (χ0n) is 16.6. The number of hydrogen-bond donors (Lipinski definition) is 2. The molecule has 1 fully saturated rings. The predicted octanol–water partition coefficient (Wildman–Crippen LogP) is 4.64. The summed E-state index contributed by atoms with van der Waals surface area (Å²) < 4.78 is 0. The van der Waals surface area contributed by atoms with Crippen LogP contribution in [0.3, 0.4) is 0 Å². The molecule has 31 heavy (non-hydrogen) atoms. The summed E-state index contributed by atoms with van der Waals surface area (Å²) in [7, 11) is 0. The van der Waals surface area contributed by atoms with Gasteiger partial charge in [-0.05, 0) is 23.3 Å². The van der Waals surface area contributed by atoms with Gasteiger partial charge in [0.15, 0.2) is 0 Å². The maximum atomic E-state index is 13.2. The van der Waals surface area contributed by atoms with Crippen molar-refractivity contribution in [2.24, 2.45) is 0 Å². The van der Waals surface area contributed by atoms with Gasteiger partial charge < -0.3 is 5.32 Å². The molecule has 5 rings (SSSR count). The Balaban J connectivity index is 1.48. The van der Waals surface area contributed by atoms with E-state index in [2.05, 4.69) is 15.7 Å². The molecule has 4 aromatic rings. The van der Waals surface area contributed by atoms with Crippen LogP contribution < -0.4 is 10.7 Å². The number of rotatable bonds is 3. The minimum atomic E-state index is -0.510. The number of carbonyl (C=O) groups excluding carboxylic acids is 2. The summed E-state index contributed by atoms with van der Waals surface area (Å²) in [6, 6.07) is 27.8. The number of para-hydroxylation sites is 1. The van der Waals surface area contributed by atoms with E-state index >= 15 is 0 Å². The molecule has 0 saturated carbocycles. The van der Waals surface area contributed by atoms with Gasteiger partial charge in [-0.3, -0.25) is 15.2 Å². The average molecular weight is 408 g/mol. The maximum absolute atomic E-state index is 13.2. The Morgan fingerprint density at radius 2 is 1.52 bits per heavy atom. The Kier molecular flexibility index (Phi) is 4.80. The Morgan fingerprint density at radius 3 is 2.26 bits per heavy atom. The number of aromatic nitrogens is 1. The van der Waals surface area contributed by atoms with E-state index in [4.69, 9.17) is 0 Å². The normalized spacial score (nSPS) is 18.1. The third-order valence-electron chi connectivity index (χ3n) is 5.47. The van der Waals surface area contributed by atoms with E-state index in [1.807, 2.05) is 91.0 Å². The number of nitrogens with one attached hydrogen (secondary N) is 2. The smallest absolute Gasteiger partial charge is 0.305 e. The number of hydrogen-bond acceptors (Lipinski definition) is 3. The molecular formula is C25H20N4O2. The van der Waals surface area contributed by atoms with Gasteiger partial charge in [-0.1, -0.05) is 78.9 Å². The summed E-state index contributed by atoms with van der Waals surface area (Å²) in [5.74, 6) is -0.726. The van der Waals surface area contributed by atoms with Gasteiger partial charge in [0, 0.05) is 5.39 Å². The first-order valence-corrected chi connectivity index (χ1v) is 10.1. The number of amides is 3. The highest BCUT2D eigenvalue weighted by Gasteiger charge is 2.45. The molecule has 152 valence electrons. The fourth-order valence-electron chi connectivity index (χ4n) is 4.04. The fraction of sp³-hybridized carbons (Fsp3) is 0.0800. The number of pyridine rings is 1. The molecule has 6 nitrogen and oxygen atoms in total. The van der Waals surface area contributed by atoms with E-state index < -0.39 is 18.0 Å². The van der Waals surface area contributed by atoms with Gasteiger partial charge in [-0.15, -0.1) is 0 Å². The van der Waals surface area contributed by atoms with Crippen molar-refractivity contribution in [1.82, 2.24) is 15.4 Å². The van der Waals surface area contributed by atoms with Crippen molar-refractivity contribution in [1.29, 1.82) is 0 Å². The van der Waals surface area contributed by atoms with Crippen molar-refractivity contribution in [3.05, 3.63) is 108 Å². The summed E-state index contributed by atoms with van der Waals surface area (Å²) in [5.41, 5.74) is 5.92. The summed E-state index contributed by atoms with van der Waals surface area (Å²) >= 11 is 0. The van der Waals surface area contributed by atoms with Crippen LogP contribution in [-0.4, -0.2) is 21.9 Å². The number of carbonyl (C=O) groups is 2. The van der Waals surface area contributed by atoms with Crippen LogP contribution in [0.1, 0.15) is 23.1 Å². The number of urea groups is 1. The van der Waals surface area contributed by atoms with Gasteiger partial charge >= 0.3 is 6.03 Å². The van der Waals surface area contributed by atoms with E-state index in [-0.39, 0.29) is 5.91 Å². The standard InChI is InChI=1S/C25H20N4O2/c30-24-22(17-9-3-1-4-10-17)23(18-11-5-2-6-12-18)29(28-24)25(31)27-20-15-19-13-7-8-14-21(19)26-16-20/h1-16,22-23H,(H,27,31)(H,28,30). The molecule has 2 unspecified atom stereocenters. The molecule has 0 spiro atoms. The minimum absolute atomic E-state index is 0.216. The summed E-state index contributed by atoms with van der Waals surface area (Å²) in [6.07, 6.45) is 1.62. The quantitative estimate of drug-likeness (QED) is 0.519. The third-order valence-corrected chi connectivity index (χ3v) is 5.47. The molecule has 0 radical (unpaired) electrons. The van der Waals surface area contributed by atoms with Crippen molar-refractivity contribution in [2.45, 2.75) is 12.0 Å². The van der Waals surface area contributed by atoms with Crippen LogP contribution in [0.2, 0.25) is 0 Å². The molecule has 2 N–H and O–H groups in total. The second-order valence-corrected chi connectivity index (χ2v) is 7.44. The SMILES string of the molecule is O=C1NN(C(=O)Nc2cnc3ccccc3c2)C(c2ccccc2)C1c1ccccc1. The third kappa shape index (κ3) is 3.59. The highest BCUT2D eigenvalue weighted by Crippen LogP contribution is 2.39. The molecule has 1 saturated heterocycles. The average Bonchev–Trinajstić information content (AvgIpc) is 3.17. The summed E-state index contributed by atoms with van der Waals surface area (Å²) in [4.78, 5) is 30.6. The fourth-order valence-corrected chi connectivity index (χ4v) is 4.04. The second kappa shape index (κ2) is 7.91. The molecule has 3 aromatic carbocycles. The zero-order chi connectivity index (χ0) is 21.2. The lowest BCUT2D eigenvalue weighted by Gasteiger charge is -2.26. The van der Waals surface area contributed by atoms with Crippen LogP contribution >= 0.6 is 0 Å². The predicted molar refractivity (Wildman–Crippen MR) is 119 cm³/mol. The van der Waals surface area contributed by atoms with Crippen molar-refractivity contribution in [3.63, 3.8) is 0 Å². The first-order valence-electron chi connectivity index (χ1n) is 10.1. The second-order valence-electron chi connectivity index (χ2n) is 7.44. The molecular weight excluding hydrogens is 388 g/mol. The lowest BCUT2D eigenvalue weighted by Crippen LogP contribution is -2.42. The van der Waals surface area contributed by atoms with Crippen LogP contribution in [0, 0.1) is 0 Å². The molecule has 0 aliphatic carbocycles. The monoisotopic (exact) mass is 408 g/mol. The molecule has 1 aliphatic rings. The van der Waals surface area contributed by atoms with Crippen LogP contribution in [0.15, 0.2) is 97.2 Å². The molecule has 1 aromatic heterocycles. The first-order chi connectivity index (χ1) is 15.2. The molecule has 6 heteroatoms. The summed E-state index contributed by atoms with van der Waals surface area (Å²) in [6.45, 7) is 0. The Hall–Kier alpha value is -4.19. The van der Waals surface area contributed by atoms with E-state index in [9.17, 15) is 9.59 Å². The maximum Gasteiger partial charge on any atom is 0.341 e. The number of hydrazine groups is 1. The van der Waals surface area contributed by atoms with Crippen LogP contribution in [0.4, 0.5) is 10.5 Å². The topological polar surface area (TPSA) is 74.3 Å². The summed E-state index contributed by atoms with van der Waals surface area (Å²) in [5, 5.41) is 5.18. The highest BCUT2D eigenvalue weighted by molar-refractivity contribution is 5.97. The first kappa shape index (κ1) is 18.8. The van der Waals surface area contributed by atoms with Crippen molar-refractivity contribution < 1.29 is 9.59 Å². The number of anilines is 1. The van der Waals surface area contributed by atoms with Gasteiger partial charge in [0.25, 0.3) is 0 Å². The van der Waals surface area contributed by atoms with E-state index in [0.717, 1.165) is 22.0 Å². The molecule has 3 amide bonds.